The van der Waals surface area contributed by atoms with E-state index in [2.05, 4.69) is 71.2 Å². The number of benzene rings is 1. The summed E-state index contributed by atoms with van der Waals surface area (Å²) in [4.78, 5) is 11.1. The molecule has 0 saturated carbocycles. The van der Waals surface area contributed by atoms with Crippen molar-refractivity contribution < 1.29 is 0 Å². The number of rotatable bonds is 7. The third-order valence-corrected chi connectivity index (χ3v) is 5.93. The Morgan fingerprint density at radius 1 is 1.07 bits per heavy atom. The van der Waals surface area contributed by atoms with Gasteiger partial charge in [0, 0.05) is 58.5 Å². The van der Waals surface area contributed by atoms with Crippen molar-refractivity contribution in [3.63, 3.8) is 0 Å². The van der Waals surface area contributed by atoms with E-state index in [1.165, 1.54) is 31.9 Å². The minimum absolute atomic E-state index is 0.876. The lowest BCUT2D eigenvalue weighted by molar-refractivity contribution is 0.377. The molecule has 3 heterocycles. The summed E-state index contributed by atoms with van der Waals surface area (Å²) in [5.41, 5.74) is 4.64. The molecule has 2 aromatic heterocycles. The average Bonchev–Trinajstić information content (AvgIpc) is 3.01. The summed E-state index contributed by atoms with van der Waals surface area (Å²) in [6.45, 7) is 3.75. The van der Waals surface area contributed by atoms with Crippen molar-refractivity contribution in [3.8, 4) is 11.3 Å². The Kier molecular flexibility index (Phi) is 5.08. The fourth-order valence-corrected chi connectivity index (χ4v) is 4.48. The first-order valence-electron chi connectivity index (χ1n) is 9.23. The lowest BCUT2D eigenvalue weighted by Gasteiger charge is -2.19. The smallest absolute Gasteiger partial charge is 0.103 e. The van der Waals surface area contributed by atoms with E-state index in [9.17, 15) is 0 Å². The highest BCUT2D eigenvalue weighted by molar-refractivity contribution is 8.00. The summed E-state index contributed by atoms with van der Waals surface area (Å²) in [6, 6.07) is 6.48. The van der Waals surface area contributed by atoms with Gasteiger partial charge in [-0.1, -0.05) is 11.8 Å². The zero-order valence-corrected chi connectivity index (χ0v) is 17.2. The fourth-order valence-electron chi connectivity index (χ4n) is 3.32. The van der Waals surface area contributed by atoms with Crippen molar-refractivity contribution in [2.75, 3.05) is 53.1 Å². The largest absolute Gasteiger partial charge is 0.383 e. The Morgan fingerprint density at radius 3 is 2.67 bits per heavy atom. The summed E-state index contributed by atoms with van der Waals surface area (Å²) in [5.74, 6) is 0. The van der Waals surface area contributed by atoms with Crippen LogP contribution in [0.4, 0.5) is 5.69 Å². The molecule has 142 valence electrons. The predicted molar refractivity (Wildman–Crippen MR) is 113 cm³/mol. The van der Waals surface area contributed by atoms with E-state index in [4.69, 9.17) is 5.10 Å². The van der Waals surface area contributed by atoms with Crippen molar-refractivity contribution in [1.82, 2.24) is 24.6 Å². The number of fused-ring (bicyclic) bond motifs is 2. The lowest BCUT2D eigenvalue weighted by atomic mass is 10.1. The average molecular weight is 383 g/mol. The summed E-state index contributed by atoms with van der Waals surface area (Å²) in [7, 11) is 8.39. The maximum atomic E-state index is 5.00. The van der Waals surface area contributed by atoms with Gasteiger partial charge < -0.3 is 15.1 Å². The fraction of sp³-hybridized carbons (Fsp3) is 0.400. The maximum absolute atomic E-state index is 5.00. The van der Waals surface area contributed by atoms with E-state index in [0.717, 1.165) is 31.9 Å². The Labute approximate surface area is 164 Å². The van der Waals surface area contributed by atoms with Gasteiger partial charge in [-0.25, -0.2) is 0 Å². The molecule has 6 nitrogen and oxygen atoms in total. The highest BCUT2D eigenvalue weighted by atomic mass is 32.2. The Hall–Kier alpha value is -2.09. The van der Waals surface area contributed by atoms with E-state index in [0.29, 0.717) is 0 Å². The molecule has 4 rings (SSSR count). The van der Waals surface area contributed by atoms with Crippen LogP contribution in [0.2, 0.25) is 0 Å². The molecule has 0 aliphatic carbocycles. The minimum Gasteiger partial charge on any atom is -0.383 e. The zero-order valence-electron chi connectivity index (χ0n) is 16.4. The van der Waals surface area contributed by atoms with Crippen LogP contribution in [0.1, 0.15) is 0 Å². The van der Waals surface area contributed by atoms with Crippen molar-refractivity contribution in [2.45, 2.75) is 16.3 Å². The van der Waals surface area contributed by atoms with Crippen LogP contribution in [0.25, 0.3) is 22.2 Å². The monoisotopic (exact) mass is 382 g/mol. The van der Waals surface area contributed by atoms with E-state index in [1.807, 2.05) is 12.4 Å². The first-order chi connectivity index (χ1) is 13.0. The van der Waals surface area contributed by atoms with Crippen molar-refractivity contribution in [1.29, 1.82) is 0 Å². The molecule has 7 heteroatoms. The van der Waals surface area contributed by atoms with Gasteiger partial charge in [-0.3, -0.25) is 9.67 Å². The Bertz CT molecular complexity index is 963. The first kappa shape index (κ1) is 18.3. The Balaban J connectivity index is 1.80. The molecule has 0 fully saturated rings. The second kappa shape index (κ2) is 7.50. The van der Waals surface area contributed by atoms with Gasteiger partial charge in [0.25, 0.3) is 0 Å². The molecule has 1 aromatic carbocycles. The van der Waals surface area contributed by atoms with Gasteiger partial charge in [0.1, 0.15) is 5.69 Å². The molecule has 27 heavy (non-hydrogen) atoms. The molecule has 0 bridgehead atoms. The molecule has 0 unspecified atom stereocenters. The van der Waals surface area contributed by atoms with Crippen LogP contribution in [0.3, 0.4) is 0 Å². The molecule has 1 aliphatic heterocycles. The third-order valence-electron chi connectivity index (χ3n) is 4.76. The van der Waals surface area contributed by atoms with Gasteiger partial charge in [0.2, 0.25) is 0 Å². The molecule has 0 radical (unpaired) electrons. The zero-order chi connectivity index (χ0) is 19.0. The number of likely N-dealkylation sites (N-methyl/N-ethyl adjacent to an activating group) is 2. The maximum Gasteiger partial charge on any atom is 0.103 e. The summed E-state index contributed by atoms with van der Waals surface area (Å²) in [6.07, 6.45) is 3.80. The van der Waals surface area contributed by atoms with E-state index in [1.54, 1.807) is 11.8 Å². The van der Waals surface area contributed by atoms with Crippen LogP contribution in [-0.2, 0) is 6.54 Å². The summed E-state index contributed by atoms with van der Waals surface area (Å²) < 4.78 is 2.15. The molecule has 0 spiro atoms. The molecule has 3 aromatic rings. The quantitative estimate of drug-likeness (QED) is 0.530. The second-order valence-corrected chi connectivity index (χ2v) is 8.47. The Morgan fingerprint density at radius 2 is 1.89 bits per heavy atom. The van der Waals surface area contributed by atoms with Gasteiger partial charge in [-0.15, -0.1) is 0 Å². The van der Waals surface area contributed by atoms with Gasteiger partial charge in [-0.2, -0.15) is 5.10 Å². The van der Waals surface area contributed by atoms with Crippen LogP contribution in [0.15, 0.2) is 40.4 Å². The van der Waals surface area contributed by atoms with Crippen molar-refractivity contribution >= 4 is 28.4 Å². The SMILES string of the molecule is CN(C)CCNc1ccc2c3c(nn2CCN(C)C)-c2ccncc2Sc13. The molecule has 0 atom stereocenters. The van der Waals surface area contributed by atoms with E-state index >= 15 is 0 Å². The topological polar surface area (TPSA) is 49.2 Å². The number of nitrogens with zero attached hydrogens (tertiary/aromatic N) is 5. The number of pyridine rings is 1. The third kappa shape index (κ3) is 3.54. The number of hydrogen-bond acceptors (Lipinski definition) is 6. The highest BCUT2D eigenvalue weighted by Crippen LogP contribution is 2.49. The predicted octanol–water partition coefficient (Wildman–Crippen LogP) is 3.10. The minimum atomic E-state index is 0.876. The van der Waals surface area contributed by atoms with Gasteiger partial charge in [0.15, 0.2) is 0 Å². The molecule has 0 saturated heterocycles. The van der Waals surface area contributed by atoms with E-state index in [-0.39, 0.29) is 0 Å². The number of hydrogen-bond donors (Lipinski definition) is 1. The van der Waals surface area contributed by atoms with Crippen molar-refractivity contribution in [2.24, 2.45) is 0 Å². The molecule has 1 N–H and O–H groups in total. The number of anilines is 1. The van der Waals surface area contributed by atoms with Crippen LogP contribution in [-0.4, -0.2) is 72.4 Å². The van der Waals surface area contributed by atoms with Crippen molar-refractivity contribution in [3.05, 3.63) is 30.6 Å². The molecule has 0 amide bonds. The first-order valence-corrected chi connectivity index (χ1v) is 10.1. The van der Waals surface area contributed by atoms with Crippen LogP contribution < -0.4 is 5.32 Å². The summed E-state index contributed by atoms with van der Waals surface area (Å²) >= 11 is 1.80. The number of aromatic nitrogens is 3. The molecule has 1 aliphatic rings. The summed E-state index contributed by atoms with van der Waals surface area (Å²) in [5, 5.41) is 9.86. The van der Waals surface area contributed by atoms with Crippen LogP contribution in [0, 0.1) is 0 Å². The van der Waals surface area contributed by atoms with Gasteiger partial charge in [0.05, 0.1) is 12.1 Å². The normalized spacial score (nSPS) is 12.8. The van der Waals surface area contributed by atoms with E-state index < -0.39 is 0 Å². The van der Waals surface area contributed by atoms with Crippen LogP contribution in [0.5, 0.6) is 0 Å². The molecular weight excluding hydrogens is 356 g/mol. The molecular formula is C20H26N6S. The number of nitrogens with one attached hydrogen (secondary N) is 1. The highest BCUT2D eigenvalue weighted by Gasteiger charge is 2.26. The lowest BCUT2D eigenvalue weighted by Crippen LogP contribution is -2.21. The van der Waals surface area contributed by atoms with Gasteiger partial charge in [-0.05, 0) is 46.4 Å². The second-order valence-electron chi connectivity index (χ2n) is 7.42. The van der Waals surface area contributed by atoms with Crippen LogP contribution >= 0.6 is 11.8 Å². The van der Waals surface area contributed by atoms with Gasteiger partial charge >= 0.3 is 0 Å². The standard InChI is InChI=1S/C20H26N6S/c1-24(2)10-9-22-15-5-6-16-18-19(23-26(16)12-11-25(3)4)14-7-8-21-13-17(14)27-20(15)18/h5-8,13,22H,9-12H2,1-4H3.